The van der Waals surface area contributed by atoms with E-state index in [0.29, 0.717) is 39.8 Å². The summed E-state index contributed by atoms with van der Waals surface area (Å²) in [7, 11) is 0. The molecule has 8 heteroatoms. The Morgan fingerprint density at radius 2 is 1.84 bits per heavy atom. The first-order valence-electron chi connectivity index (χ1n) is 10.5. The Kier molecular flexibility index (Phi) is 7.87. The molecule has 0 aromatic heterocycles. The van der Waals surface area contributed by atoms with Gasteiger partial charge in [0.2, 0.25) is 0 Å². The molecule has 2 aliphatic rings. The Morgan fingerprint density at radius 3 is 2.59 bits per heavy atom. The zero-order valence-corrected chi connectivity index (χ0v) is 21.2. The summed E-state index contributed by atoms with van der Waals surface area (Å²) >= 11 is 16.5. The lowest BCUT2D eigenvalue weighted by Crippen LogP contribution is -2.34. The van der Waals surface area contributed by atoms with Gasteiger partial charge in [-0.15, -0.1) is 0 Å². The maximum Gasteiger partial charge on any atom is 0.293 e. The summed E-state index contributed by atoms with van der Waals surface area (Å²) in [4.78, 5) is 27.3. The third-order valence-electron chi connectivity index (χ3n) is 5.68. The van der Waals surface area contributed by atoms with Gasteiger partial charge in [-0.1, -0.05) is 64.5 Å². The highest BCUT2D eigenvalue weighted by Crippen LogP contribution is 2.37. The number of carbonyl (C=O) groups is 2. The van der Waals surface area contributed by atoms with E-state index in [0.717, 1.165) is 40.2 Å². The smallest absolute Gasteiger partial charge is 0.293 e. The molecule has 0 atom stereocenters. The minimum Gasteiger partial charge on any atom is -0.488 e. The minimum absolute atomic E-state index is 0.194. The van der Waals surface area contributed by atoms with Gasteiger partial charge >= 0.3 is 0 Å². The second-order valence-corrected chi connectivity index (χ2v) is 10.7. The van der Waals surface area contributed by atoms with E-state index in [1.165, 1.54) is 24.2 Å². The van der Waals surface area contributed by atoms with Gasteiger partial charge in [0, 0.05) is 16.6 Å². The van der Waals surface area contributed by atoms with E-state index in [1.54, 1.807) is 18.2 Å². The third kappa shape index (κ3) is 5.71. The highest BCUT2D eigenvalue weighted by Gasteiger charge is 2.36. The molecule has 32 heavy (non-hydrogen) atoms. The largest absolute Gasteiger partial charge is 0.488 e. The predicted octanol–water partition coefficient (Wildman–Crippen LogP) is 7.95. The maximum atomic E-state index is 13.0. The molecule has 0 radical (unpaired) electrons. The molecule has 0 bridgehead atoms. The number of hydrogen-bond donors (Lipinski definition) is 0. The van der Waals surface area contributed by atoms with E-state index in [2.05, 4.69) is 15.9 Å². The highest BCUT2D eigenvalue weighted by atomic mass is 79.9. The van der Waals surface area contributed by atoms with Crippen LogP contribution in [0.15, 0.2) is 45.8 Å². The van der Waals surface area contributed by atoms with Crippen molar-refractivity contribution < 1.29 is 14.3 Å². The summed E-state index contributed by atoms with van der Waals surface area (Å²) in [5.41, 5.74) is 1.60. The summed E-state index contributed by atoms with van der Waals surface area (Å²) < 4.78 is 6.86. The van der Waals surface area contributed by atoms with Crippen LogP contribution in [0.25, 0.3) is 6.08 Å². The monoisotopic (exact) mass is 553 g/mol. The van der Waals surface area contributed by atoms with Crippen LogP contribution < -0.4 is 4.74 Å². The fourth-order valence-corrected chi connectivity index (χ4v) is 5.52. The number of thioether (sulfide) groups is 1. The molecule has 0 unspecified atom stereocenters. The molecule has 2 aromatic rings. The number of ether oxygens (including phenoxy) is 1. The van der Waals surface area contributed by atoms with Crippen molar-refractivity contribution in [1.82, 2.24) is 4.90 Å². The Labute approximate surface area is 210 Å². The average Bonchev–Trinajstić information content (AvgIpc) is 3.03. The Bertz CT molecular complexity index is 1070. The van der Waals surface area contributed by atoms with E-state index < -0.39 is 0 Å². The van der Waals surface area contributed by atoms with Gasteiger partial charge in [-0.2, -0.15) is 0 Å². The van der Waals surface area contributed by atoms with Crippen LogP contribution in [-0.2, 0) is 11.4 Å². The number of halogens is 3. The zero-order valence-electron chi connectivity index (χ0n) is 17.3. The van der Waals surface area contributed by atoms with Crippen molar-refractivity contribution in [2.75, 3.05) is 6.54 Å². The van der Waals surface area contributed by atoms with Crippen molar-refractivity contribution in [3.8, 4) is 5.75 Å². The molecule has 0 N–H and O–H groups in total. The summed E-state index contributed by atoms with van der Waals surface area (Å²) in [5, 5.41) is 0.763. The van der Waals surface area contributed by atoms with Crippen molar-refractivity contribution in [1.29, 1.82) is 0 Å². The molecular weight excluding hydrogens is 533 g/mol. The highest BCUT2D eigenvalue weighted by molar-refractivity contribution is 9.10. The number of carbonyl (C=O) groups excluding carboxylic acids is 2. The Morgan fingerprint density at radius 1 is 1.06 bits per heavy atom. The number of rotatable bonds is 6. The molecule has 0 spiro atoms. The summed E-state index contributed by atoms with van der Waals surface area (Å²) in [6, 6.07) is 10.9. The van der Waals surface area contributed by atoms with E-state index in [4.69, 9.17) is 27.9 Å². The summed E-state index contributed by atoms with van der Waals surface area (Å²) in [5.74, 6) is 0.798. The van der Waals surface area contributed by atoms with Crippen molar-refractivity contribution in [2.24, 2.45) is 5.92 Å². The van der Waals surface area contributed by atoms with Crippen LogP contribution in [0.1, 0.15) is 43.2 Å². The maximum absolute atomic E-state index is 13.0. The van der Waals surface area contributed by atoms with Gasteiger partial charge in [0.05, 0.1) is 15.0 Å². The zero-order chi connectivity index (χ0) is 22.7. The lowest BCUT2D eigenvalue weighted by Gasteiger charge is -2.25. The van der Waals surface area contributed by atoms with Crippen LogP contribution in [0.4, 0.5) is 4.79 Å². The molecule has 2 aromatic carbocycles. The molecule has 4 nitrogen and oxygen atoms in total. The van der Waals surface area contributed by atoms with Crippen molar-refractivity contribution in [2.45, 2.75) is 38.7 Å². The van der Waals surface area contributed by atoms with Crippen LogP contribution in [0, 0.1) is 5.92 Å². The Balaban J connectivity index is 1.51. The van der Waals surface area contributed by atoms with Crippen LogP contribution >= 0.6 is 50.9 Å². The molecule has 168 valence electrons. The van der Waals surface area contributed by atoms with Crippen LogP contribution in [0.3, 0.4) is 0 Å². The quantitative estimate of drug-likeness (QED) is 0.340. The van der Waals surface area contributed by atoms with Crippen molar-refractivity contribution >= 4 is 68.1 Å². The van der Waals surface area contributed by atoms with Crippen molar-refractivity contribution in [3.63, 3.8) is 0 Å². The van der Waals surface area contributed by atoms with Gasteiger partial charge in [-0.25, -0.2) is 0 Å². The van der Waals surface area contributed by atoms with Gasteiger partial charge < -0.3 is 4.74 Å². The standard InChI is InChI=1S/C24H22BrCl2NO3S/c25-18-7-9-21(31-14-16-6-8-19(26)20(27)10-16)17(11-18)12-22-23(29)28(24(30)32-22)13-15-4-2-1-3-5-15/h6-12,15H,1-5,13-14H2/b22-12+. The minimum atomic E-state index is -0.221. The number of amides is 2. The predicted molar refractivity (Wildman–Crippen MR) is 134 cm³/mol. The number of benzene rings is 2. The fraction of sp³-hybridized carbons (Fsp3) is 0.333. The normalized spacial score (nSPS) is 18.6. The lowest BCUT2D eigenvalue weighted by molar-refractivity contribution is -0.123. The Hall–Kier alpha value is -1.47. The molecule has 2 fully saturated rings. The van der Waals surface area contributed by atoms with Gasteiger partial charge in [-0.3, -0.25) is 14.5 Å². The molecular formula is C24H22BrCl2NO3S. The molecule has 1 saturated carbocycles. The molecule has 1 aliphatic heterocycles. The third-order valence-corrected chi connectivity index (χ3v) is 7.82. The molecule has 2 amide bonds. The second kappa shape index (κ2) is 10.6. The van der Waals surface area contributed by atoms with Gasteiger partial charge in [0.1, 0.15) is 12.4 Å². The van der Waals surface area contributed by atoms with Gasteiger partial charge in [-0.05, 0) is 72.5 Å². The lowest BCUT2D eigenvalue weighted by atomic mass is 9.89. The SMILES string of the molecule is O=C1S/C(=C/c2cc(Br)ccc2OCc2ccc(Cl)c(Cl)c2)C(=O)N1CC1CCCCC1. The first kappa shape index (κ1) is 23.7. The van der Waals surface area contributed by atoms with E-state index in [9.17, 15) is 9.59 Å². The van der Waals surface area contributed by atoms with Gasteiger partial charge in [0.15, 0.2) is 0 Å². The number of imide groups is 1. The van der Waals surface area contributed by atoms with Crippen LogP contribution in [0.5, 0.6) is 5.75 Å². The first-order valence-corrected chi connectivity index (χ1v) is 12.9. The molecule has 4 rings (SSSR count). The summed E-state index contributed by atoms with van der Waals surface area (Å²) in [6.07, 6.45) is 7.49. The van der Waals surface area contributed by atoms with Crippen molar-refractivity contribution in [3.05, 3.63) is 66.9 Å². The molecule has 1 aliphatic carbocycles. The van der Waals surface area contributed by atoms with E-state index >= 15 is 0 Å². The van der Waals surface area contributed by atoms with Crippen LogP contribution in [-0.4, -0.2) is 22.6 Å². The van der Waals surface area contributed by atoms with Gasteiger partial charge in [0.25, 0.3) is 11.1 Å². The molecule has 1 heterocycles. The molecule has 1 saturated heterocycles. The second-order valence-electron chi connectivity index (χ2n) is 8.02. The van der Waals surface area contributed by atoms with E-state index in [1.807, 2.05) is 24.3 Å². The number of nitrogens with zero attached hydrogens (tertiary/aromatic N) is 1. The number of hydrogen-bond acceptors (Lipinski definition) is 4. The van der Waals surface area contributed by atoms with E-state index in [-0.39, 0.29) is 11.1 Å². The topological polar surface area (TPSA) is 46.6 Å². The average molecular weight is 555 g/mol. The summed E-state index contributed by atoms with van der Waals surface area (Å²) in [6.45, 7) is 0.809. The fourth-order valence-electron chi connectivity index (χ4n) is 3.98. The first-order chi connectivity index (χ1) is 15.4. The van der Waals surface area contributed by atoms with Crippen LogP contribution in [0.2, 0.25) is 10.0 Å².